The van der Waals surface area contributed by atoms with Crippen molar-refractivity contribution in [3.63, 3.8) is 0 Å². The number of halogens is 1. The van der Waals surface area contributed by atoms with E-state index in [9.17, 15) is 9.59 Å². The molecule has 0 radical (unpaired) electrons. The van der Waals surface area contributed by atoms with Gasteiger partial charge in [0.25, 0.3) is 0 Å². The van der Waals surface area contributed by atoms with E-state index in [0.29, 0.717) is 16.7 Å². The molecule has 0 aliphatic heterocycles. The van der Waals surface area contributed by atoms with Crippen molar-refractivity contribution in [1.82, 2.24) is 10.2 Å². The SMILES string of the molecule is CCOC(=O)Cc1nnc(NC(=O)C(N)C(C)CC)s1.Cl. The second-order valence-electron chi connectivity index (χ2n) is 4.38. The number of anilines is 1. The topological polar surface area (TPSA) is 107 Å². The largest absolute Gasteiger partial charge is 0.466 e. The van der Waals surface area contributed by atoms with Gasteiger partial charge in [0.2, 0.25) is 11.0 Å². The van der Waals surface area contributed by atoms with E-state index in [0.717, 1.165) is 17.8 Å². The fourth-order valence-corrected chi connectivity index (χ4v) is 2.14. The van der Waals surface area contributed by atoms with Gasteiger partial charge in [-0.2, -0.15) is 0 Å². The van der Waals surface area contributed by atoms with Crippen LogP contribution in [0.25, 0.3) is 0 Å². The summed E-state index contributed by atoms with van der Waals surface area (Å²) in [5.41, 5.74) is 5.82. The van der Waals surface area contributed by atoms with Crippen molar-refractivity contribution in [2.75, 3.05) is 11.9 Å². The van der Waals surface area contributed by atoms with E-state index in [-0.39, 0.29) is 36.6 Å². The lowest BCUT2D eigenvalue weighted by atomic mass is 10.00. The average molecular weight is 337 g/mol. The summed E-state index contributed by atoms with van der Waals surface area (Å²) in [6.07, 6.45) is 0.873. The van der Waals surface area contributed by atoms with Gasteiger partial charge in [0.1, 0.15) is 5.01 Å². The fraction of sp³-hybridized carbons (Fsp3) is 0.667. The summed E-state index contributed by atoms with van der Waals surface area (Å²) in [5.74, 6) is -0.571. The number of carbonyl (C=O) groups excluding carboxylic acids is 2. The summed E-state index contributed by atoms with van der Waals surface area (Å²) < 4.78 is 4.81. The number of nitrogens with zero attached hydrogens (tertiary/aromatic N) is 2. The zero-order chi connectivity index (χ0) is 15.1. The Bertz CT molecular complexity index is 469. The van der Waals surface area contributed by atoms with Crippen molar-refractivity contribution in [3.8, 4) is 0 Å². The van der Waals surface area contributed by atoms with Crippen molar-refractivity contribution in [2.45, 2.75) is 39.7 Å². The molecule has 1 aromatic rings. The number of ether oxygens (including phenoxy) is 1. The first-order valence-corrected chi connectivity index (χ1v) is 7.34. The molecule has 2 unspecified atom stereocenters. The number of nitrogens with two attached hydrogens (primary N) is 1. The van der Waals surface area contributed by atoms with Gasteiger partial charge in [0, 0.05) is 0 Å². The molecule has 0 aliphatic rings. The van der Waals surface area contributed by atoms with Crippen LogP contribution in [-0.4, -0.2) is 34.7 Å². The molecule has 7 nitrogen and oxygen atoms in total. The van der Waals surface area contributed by atoms with Crippen LogP contribution in [0.2, 0.25) is 0 Å². The third-order valence-electron chi connectivity index (χ3n) is 2.86. The lowest BCUT2D eigenvalue weighted by Gasteiger charge is -2.16. The Kier molecular flexibility index (Phi) is 9.07. The maximum atomic E-state index is 11.9. The maximum Gasteiger partial charge on any atom is 0.312 e. The fourth-order valence-electron chi connectivity index (χ4n) is 1.41. The van der Waals surface area contributed by atoms with Gasteiger partial charge >= 0.3 is 5.97 Å². The Balaban J connectivity index is 0.00000400. The molecule has 0 fully saturated rings. The van der Waals surface area contributed by atoms with Crippen LogP contribution >= 0.6 is 23.7 Å². The minimum Gasteiger partial charge on any atom is -0.466 e. The predicted octanol–water partition coefficient (Wildman–Crippen LogP) is 1.38. The highest BCUT2D eigenvalue weighted by Crippen LogP contribution is 2.17. The number of aromatic nitrogens is 2. The van der Waals surface area contributed by atoms with E-state index >= 15 is 0 Å². The van der Waals surface area contributed by atoms with Crippen LogP contribution in [0.4, 0.5) is 5.13 Å². The second-order valence-corrected chi connectivity index (χ2v) is 5.45. The van der Waals surface area contributed by atoms with Crippen molar-refractivity contribution >= 4 is 40.8 Å². The molecule has 0 aromatic carbocycles. The zero-order valence-electron chi connectivity index (χ0n) is 12.3. The molecule has 21 heavy (non-hydrogen) atoms. The lowest BCUT2D eigenvalue weighted by molar-refractivity contribution is -0.142. The number of carbonyl (C=O) groups is 2. The Morgan fingerprint density at radius 2 is 2.05 bits per heavy atom. The van der Waals surface area contributed by atoms with E-state index in [4.69, 9.17) is 10.5 Å². The van der Waals surface area contributed by atoms with Crippen molar-refractivity contribution in [1.29, 1.82) is 0 Å². The van der Waals surface area contributed by atoms with Crippen molar-refractivity contribution < 1.29 is 14.3 Å². The molecule has 1 rings (SSSR count). The van der Waals surface area contributed by atoms with E-state index in [2.05, 4.69) is 15.5 Å². The third-order valence-corrected chi connectivity index (χ3v) is 3.70. The summed E-state index contributed by atoms with van der Waals surface area (Å²) in [6, 6.07) is -0.586. The Labute approximate surface area is 134 Å². The molecule has 0 saturated carbocycles. The quantitative estimate of drug-likeness (QED) is 0.728. The standard InChI is InChI=1S/C12H20N4O3S.ClH/c1-4-7(3)10(13)11(18)14-12-16-15-8(20-12)6-9(17)19-5-2;/h7,10H,4-6,13H2,1-3H3,(H,14,16,18);1H. The molecular weight excluding hydrogens is 316 g/mol. The molecule has 9 heteroatoms. The molecule has 3 N–H and O–H groups in total. The second kappa shape index (κ2) is 9.64. The number of nitrogens with one attached hydrogen (secondary N) is 1. The van der Waals surface area contributed by atoms with Gasteiger partial charge in [-0.1, -0.05) is 31.6 Å². The van der Waals surface area contributed by atoms with Crippen LogP contribution < -0.4 is 11.1 Å². The Morgan fingerprint density at radius 1 is 1.38 bits per heavy atom. The molecule has 0 saturated heterocycles. The zero-order valence-corrected chi connectivity index (χ0v) is 13.9. The molecule has 1 amide bonds. The molecule has 1 heterocycles. The summed E-state index contributed by atoms with van der Waals surface area (Å²) in [5, 5.41) is 11.1. The predicted molar refractivity (Wildman–Crippen MR) is 83.6 cm³/mol. The first-order chi connectivity index (χ1) is 9.47. The lowest BCUT2D eigenvalue weighted by Crippen LogP contribution is -2.40. The first kappa shape index (κ1) is 19.8. The Morgan fingerprint density at radius 3 is 2.62 bits per heavy atom. The third kappa shape index (κ3) is 6.36. The number of hydrogen-bond donors (Lipinski definition) is 2. The highest BCUT2D eigenvalue weighted by Gasteiger charge is 2.21. The summed E-state index contributed by atoms with van der Waals surface area (Å²) in [7, 11) is 0. The van der Waals surface area contributed by atoms with Gasteiger partial charge < -0.3 is 10.5 Å². The minimum absolute atomic E-state index is 0. The first-order valence-electron chi connectivity index (χ1n) is 6.52. The van der Waals surface area contributed by atoms with E-state index < -0.39 is 6.04 Å². The number of hydrogen-bond acceptors (Lipinski definition) is 7. The monoisotopic (exact) mass is 336 g/mol. The van der Waals surface area contributed by atoms with Crippen LogP contribution in [0, 0.1) is 5.92 Å². The molecular formula is C12H21ClN4O3S. The van der Waals surface area contributed by atoms with E-state index in [1.54, 1.807) is 6.92 Å². The Hall–Kier alpha value is -1.25. The van der Waals surface area contributed by atoms with Gasteiger partial charge in [0.15, 0.2) is 0 Å². The van der Waals surface area contributed by atoms with Gasteiger partial charge in [-0.25, -0.2) is 0 Å². The number of rotatable bonds is 7. The van der Waals surface area contributed by atoms with Gasteiger partial charge in [0.05, 0.1) is 19.1 Å². The minimum atomic E-state index is -0.586. The van der Waals surface area contributed by atoms with E-state index in [1.165, 1.54) is 0 Å². The molecule has 0 spiro atoms. The van der Waals surface area contributed by atoms with Crippen LogP contribution in [-0.2, 0) is 20.7 Å². The molecule has 1 aromatic heterocycles. The number of amides is 1. The molecule has 0 aliphatic carbocycles. The van der Waals surface area contributed by atoms with Crippen LogP contribution in [0.1, 0.15) is 32.2 Å². The summed E-state index contributed by atoms with van der Waals surface area (Å²) >= 11 is 1.14. The van der Waals surface area contributed by atoms with Crippen molar-refractivity contribution in [3.05, 3.63) is 5.01 Å². The normalized spacial score (nSPS) is 13.0. The average Bonchev–Trinajstić information content (AvgIpc) is 2.84. The highest BCUT2D eigenvalue weighted by molar-refractivity contribution is 7.15. The smallest absolute Gasteiger partial charge is 0.312 e. The molecule has 120 valence electrons. The van der Waals surface area contributed by atoms with Gasteiger partial charge in [-0.05, 0) is 12.8 Å². The summed E-state index contributed by atoms with van der Waals surface area (Å²) in [4.78, 5) is 23.1. The summed E-state index contributed by atoms with van der Waals surface area (Å²) in [6.45, 7) is 5.95. The number of esters is 1. The highest BCUT2D eigenvalue weighted by atomic mass is 35.5. The van der Waals surface area contributed by atoms with Gasteiger partial charge in [-0.15, -0.1) is 22.6 Å². The van der Waals surface area contributed by atoms with E-state index in [1.807, 2.05) is 13.8 Å². The van der Waals surface area contributed by atoms with Gasteiger partial charge in [-0.3, -0.25) is 14.9 Å². The molecule has 0 bridgehead atoms. The van der Waals surface area contributed by atoms with Crippen LogP contribution in [0.3, 0.4) is 0 Å². The van der Waals surface area contributed by atoms with Crippen LogP contribution in [0.15, 0.2) is 0 Å². The molecule has 2 atom stereocenters. The maximum absolute atomic E-state index is 11.9. The van der Waals surface area contributed by atoms with Crippen molar-refractivity contribution in [2.24, 2.45) is 11.7 Å². The van der Waals surface area contributed by atoms with Crippen LogP contribution in [0.5, 0.6) is 0 Å².